The predicted octanol–water partition coefficient (Wildman–Crippen LogP) is 0.210. The third kappa shape index (κ3) is 4.05. The lowest BCUT2D eigenvalue weighted by Gasteiger charge is -2.32. The van der Waals surface area contributed by atoms with Gasteiger partial charge in [-0.1, -0.05) is 0 Å². The van der Waals surface area contributed by atoms with Gasteiger partial charge < -0.3 is 10.1 Å². The normalized spacial score (nSPS) is 23.3. The van der Waals surface area contributed by atoms with E-state index in [9.17, 15) is 0 Å². The van der Waals surface area contributed by atoms with Crippen LogP contribution < -0.4 is 5.32 Å². The molecule has 0 aromatic carbocycles. The van der Waals surface area contributed by atoms with Gasteiger partial charge in [0.25, 0.3) is 0 Å². The summed E-state index contributed by atoms with van der Waals surface area (Å²) in [6.45, 7) is 4.47. The van der Waals surface area contributed by atoms with Crippen LogP contribution in [0.25, 0.3) is 0 Å². The van der Waals surface area contributed by atoms with Crippen molar-refractivity contribution in [3.8, 4) is 6.07 Å². The minimum Gasteiger partial charge on any atom is -0.383 e. The summed E-state index contributed by atoms with van der Waals surface area (Å²) in [6.07, 6.45) is 2.40. The van der Waals surface area contributed by atoms with E-state index in [1.54, 1.807) is 7.11 Å². The van der Waals surface area contributed by atoms with E-state index in [1.807, 2.05) is 0 Å². The highest BCUT2D eigenvalue weighted by molar-refractivity contribution is 4.82. The number of nitriles is 1. The summed E-state index contributed by atoms with van der Waals surface area (Å²) in [4.78, 5) is 2.39. The topological polar surface area (TPSA) is 48.3 Å². The highest BCUT2D eigenvalue weighted by Gasteiger charge is 2.18. The summed E-state index contributed by atoms with van der Waals surface area (Å²) >= 11 is 0. The van der Waals surface area contributed by atoms with Crippen LogP contribution in [0.2, 0.25) is 0 Å². The second kappa shape index (κ2) is 6.77. The number of ether oxygens (including phenoxy) is 1. The third-order valence-corrected chi connectivity index (χ3v) is 2.59. The average molecular weight is 197 g/mol. The van der Waals surface area contributed by atoms with Gasteiger partial charge in [-0.2, -0.15) is 5.26 Å². The molecule has 1 saturated heterocycles. The van der Waals surface area contributed by atoms with Gasteiger partial charge >= 0.3 is 0 Å². The number of nitrogens with zero attached hydrogens (tertiary/aromatic N) is 2. The highest BCUT2D eigenvalue weighted by Crippen LogP contribution is 2.09. The molecule has 1 atom stereocenters. The molecule has 0 aromatic heterocycles. The van der Waals surface area contributed by atoms with Gasteiger partial charge in [-0.25, -0.2) is 0 Å². The number of methoxy groups -OCH3 is 1. The molecule has 0 bridgehead atoms. The summed E-state index contributed by atoms with van der Waals surface area (Å²) in [5, 5.41) is 11.7. The zero-order chi connectivity index (χ0) is 10.2. The minimum atomic E-state index is 0.461. The van der Waals surface area contributed by atoms with E-state index in [0.29, 0.717) is 12.6 Å². The third-order valence-electron chi connectivity index (χ3n) is 2.59. The summed E-state index contributed by atoms with van der Waals surface area (Å²) in [7, 11) is 1.73. The van der Waals surface area contributed by atoms with Gasteiger partial charge in [0, 0.05) is 26.2 Å². The van der Waals surface area contributed by atoms with Gasteiger partial charge in [0.15, 0.2) is 0 Å². The van der Waals surface area contributed by atoms with Crippen molar-refractivity contribution < 1.29 is 4.74 Å². The van der Waals surface area contributed by atoms with Crippen LogP contribution in [0.3, 0.4) is 0 Å². The Morgan fingerprint density at radius 3 is 3.21 bits per heavy atom. The standard InChI is InChI=1S/C10H19N3O/c1-14-8-7-13-6-2-3-10(9-13)12-5-4-11/h10,12H,2-3,5-9H2,1H3. The molecular weight excluding hydrogens is 178 g/mol. The van der Waals surface area contributed by atoms with Crippen LogP contribution in [0.15, 0.2) is 0 Å². The van der Waals surface area contributed by atoms with E-state index in [-0.39, 0.29) is 0 Å². The van der Waals surface area contributed by atoms with Crippen molar-refractivity contribution in [2.24, 2.45) is 0 Å². The molecule has 4 heteroatoms. The van der Waals surface area contributed by atoms with Crippen LogP contribution in [0, 0.1) is 11.3 Å². The van der Waals surface area contributed by atoms with Crippen molar-refractivity contribution in [3.05, 3.63) is 0 Å². The Morgan fingerprint density at radius 2 is 2.50 bits per heavy atom. The molecule has 1 N–H and O–H groups in total. The molecule has 1 fully saturated rings. The molecule has 1 aliphatic rings. The van der Waals surface area contributed by atoms with E-state index in [0.717, 1.165) is 26.2 Å². The van der Waals surface area contributed by atoms with Crippen molar-refractivity contribution in [3.63, 3.8) is 0 Å². The van der Waals surface area contributed by atoms with Gasteiger partial charge in [-0.05, 0) is 19.4 Å². The average Bonchev–Trinajstić information content (AvgIpc) is 2.24. The number of likely N-dealkylation sites (tertiary alicyclic amines) is 1. The molecule has 0 radical (unpaired) electrons. The van der Waals surface area contributed by atoms with Crippen molar-refractivity contribution >= 4 is 0 Å². The summed E-state index contributed by atoms with van der Waals surface area (Å²) in [5.74, 6) is 0. The van der Waals surface area contributed by atoms with E-state index in [2.05, 4.69) is 16.3 Å². The van der Waals surface area contributed by atoms with Crippen molar-refractivity contribution in [1.29, 1.82) is 5.26 Å². The first-order chi connectivity index (χ1) is 6.86. The molecular formula is C10H19N3O. The van der Waals surface area contributed by atoms with Crippen molar-refractivity contribution in [1.82, 2.24) is 10.2 Å². The second-order valence-electron chi connectivity index (χ2n) is 3.67. The number of nitrogens with one attached hydrogen (secondary N) is 1. The summed E-state index contributed by atoms with van der Waals surface area (Å²) in [5.41, 5.74) is 0. The molecule has 4 nitrogen and oxygen atoms in total. The molecule has 0 amide bonds. The molecule has 0 saturated carbocycles. The molecule has 0 spiro atoms. The van der Waals surface area contributed by atoms with Gasteiger partial charge in [-0.3, -0.25) is 4.90 Å². The molecule has 0 aromatic rings. The van der Waals surface area contributed by atoms with E-state index >= 15 is 0 Å². The summed E-state index contributed by atoms with van der Waals surface area (Å²) < 4.78 is 5.05. The molecule has 80 valence electrons. The first-order valence-corrected chi connectivity index (χ1v) is 5.18. The fourth-order valence-corrected chi connectivity index (χ4v) is 1.84. The summed E-state index contributed by atoms with van der Waals surface area (Å²) in [6, 6.07) is 2.61. The Labute approximate surface area is 85.8 Å². The number of hydrogen-bond acceptors (Lipinski definition) is 4. The Hall–Kier alpha value is -0.630. The fourth-order valence-electron chi connectivity index (χ4n) is 1.84. The minimum absolute atomic E-state index is 0.461. The quantitative estimate of drug-likeness (QED) is 0.640. The number of rotatable bonds is 5. The first-order valence-electron chi connectivity index (χ1n) is 5.18. The van der Waals surface area contributed by atoms with E-state index in [4.69, 9.17) is 10.00 Å². The fraction of sp³-hybridized carbons (Fsp3) is 0.900. The van der Waals surface area contributed by atoms with E-state index < -0.39 is 0 Å². The Kier molecular flexibility index (Phi) is 5.53. The van der Waals surface area contributed by atoms with Crippen LogP contribution >= 0.6 is 0 Å². The molecule has 1 unspecified atom stereocenters. The maximum Gasteiger partial charge on any atom is 0.0843 e. The van der Waals surface area contributed by atoms with Gasteiger partial charge in [0.2, 0.25) is 0 Å². The molecule has 14 heavy (non-hydrogen) atoms. The Morgan fingerprint density at radius 1 is 1.64 bits per heavy atom. The lowest BCUT2D eigenvalue weighted by molar-refractivity contribution is 0.123. The van der Waals surface area contributed by atoms with Crippen LogP contribution in [0.5, 0.6) is 0 Å². The van der Waals surface area contributed by atoms with E-state index in [1.165, 1.54) is 12.8 Å². The molecule has 1 heterocycles. The van der Waals surface area contributed by atoms with Crippen LogP contribution in [-0.2, 0) is 4.74 Å². The lowest BCUT2D eigenvalue weighted by Crippen LogP contribution is -2.46. The molecule has 0 aliphatic carbocycles. The molecule has 1 rings (SSSR count). The SMILES string of the molecule is COCCN1CCCC(NCC#N)C1. The zero-order valence-corrected chi connectivity index (χ0v) is 8.83. The van der Waals surface area contributed by atoms with Crippen molar-refractivity contribution in [2.45, 2.75) is 18.9 Å². The maximum atomic E-state index is 8.46. The predicted molar refractivity (Wildman–Crippen MR) is 55.0 cm³/mol. The number of piperidine rings is 1. The van der Waals surface area contributed by atoms with Gasteiger partial charge in [0.05, 0.1) is 19.2 Å². The van der Waals surface area contributed by atoms with Crippen molar-refractivity contribution in [2.75, 3.05) is 39.9 Å². The zero-order valence-electron chi connectivity index (χ0n) is 8.83. The van der Waals surface area contributed by atoms with Gasteiger partial charge in [-0.15, -0.1) is 0 Å². The van der Waals surface area contributed by atoms with Crippen LogP contribution in [0.4, 0.5) is 0 Å². The largest absolute Gasteiger partial charge is 0.383 e. The Balaban J connectivity index is 2.18. The lowest BCUT2D eigenvalue weighted by atomic mass is 10.1. The maximum absolute atomic E-state index is 8.46. The van der Waals surface area contributed by atoms with Gasteiger partial charge in [0.1, 0.15) is 0 Å². The Bertz CT molecular complexity index is 190. The molecule has 1 aliphatic heterocycles. The highest BCUT2D eigenvalue weighted by atomic mass is 16.5. The first kappa shape index (κ1) is 11.4. The smallest absolute Gasteiger partial charge is 0.0843 e. The second-order valence-corrected chi connectivity index (χ2v) is 3.67. The van der Waals surface area contributed by atoms with Crippen LogP contribution in [-0.4, -0.2) is 50.8 Å². The van der Waals surface area contributed by atoms with Crippen LogP contribution in [0.1, 0.15) is 12.8 Å². The monoisotopic (exact) mass is 197 g/mol. The number of hydrogen-bond donors (Lipinski definition) is 1.